The van der Waals surface area contributed by atoms with Crippen LogP contribution in [0.5, 0.6) is 0 Å². The Morgan fingerprint density at radius 3 is 2.80 bits per heavy atom. The summed E-state index contributed by atoms with van der Waals surface area (Å²) in [6.07, 6.45) is 3.60. The number of carbonyl (C=O) groups is 1. The molecule has 0 amide bonds. The van der Waals surface area contributed by atoms with Crippen LogP contribution in [0.3, 0.4) is 0 Å². The summed E-state index contributed by atoms with van der Waals surface area (Å²) in [5.41, 5.74) is -0.121. The molecule has 1 aromatic rings. The molecule has 2 rings (SSSR count). The maximum Gasteiger partial charge on any atom is 0.343 e. The van der Waals surface area contributed by atoms with E-state index in [9.17, 15) is 20.0 Å². The minimum Gasteiger partial charge on any atom is -0.477 e. The fourth-order valence-electron chi connectivity index (χ4n) is 2.35. The van der Waals surface area contributed by atoms with Crippen molar-refractivity contribution in [1.82, 2.24) is 5.32 Å². The van der Waals surface area contributed by atoms with Crippen molar-refractivity contribution >= 4 is 11.7 Å². The Morgan fingerprint density at radius 2 is 2.25 bits per heavy atom. The van der Waals surface area contributed by atoms with E-state index in [4.69, 9.17) is 0 Å². The summed E-state index contributed by atoms with van der Waals surface area (Å²) in [6.45, 7) is 2.38. The van der Waals surface area contributed by atoms with E-state index in [1.165, 1.54) is 25.0 Å². The summed E-state index contributed by atoms with van der Waals surface area (Å²) in [5, 5.41) is 23.3. The number of carboxylic acids is 1. The predicted octanol–water partition coefficient (Wildman–Crippen LogP) is 2.57. The van der Waals surface area contributed by atoms with Gasteiger partial charge in [0.25, 0.3) is 5.69 Å². The number of nitro benzene ring substituents is 1. The summed E-state index contributed by atoms with van der Waals surface area (Å²) in [6, 6.07) is 4.64. The van der Waals surface area contributed by atoms with Crippen molar-refractivity contribution in [3.8, 4) is 0 Å². The van der Waals surface area contributed by atoms with Crippen molar-refractivity contribution in [2.24, 2.45) is 5.92 Å². The van der Waals surface area contributed by atoms with Gasteiger partial charge in [0.15, 0.2) is 0 Å². The molecule has 1 aromatic carbocycles. The second kappa shape index (κ2) is 6.00. The highest BCUT2D eigenvalue weighted by Crippen LogP contribution is 2.33. The molecule has 1 atom stereocenters. The Bertz CT molecular complexity index is 526. The monoisotopic (exact) mass is 278 g/mol. The molecule has 0 aromatic heterocycles. The Balaban J connectivity index is 2.11. The van der Waals surface area contributed by atoms with Crippen LogP contribution in [0.15, 0.2) is 18.2 Å². The molecule has 0 saturated heterocycles. The molecule has 2 N–H and O–H groups in total. The summed E-state index contributed by atoms with van der Waals surface area (Å²) >= 11 is 0. The molecule has 1 aliphatic rings. The lowest BCUT2D eigenvalue weighted by atomic mass is 10.0. The van der Waals surface area contributed by atoms with Gasteiger partial charge < -0.3 is 10.4 Å². The molecule has 108 valence electrons. The number of benzene rings is 1. The number of nitrogens with one attached hydrogen (secondary N) is 1. The van der Waals surface area contributed by atoms with Crippen LogP contribution in [0.4, 0.5) is 5.69 Å². The Hall–Kier alpha value is -1.95. The molecule has 0 spiro atoms. The third kappa shape index (κ3) is 3.54. The Morgan fingerprint density at radius 1 is 1.55 bits per heavy atom. The van der Waals surface area contributed by atoms with E-state index in [0.717, 1.165) is 12.3 Å². The van der Waals surface area contributed by atoms with Gasteiger partial charge in [-0.15, -0.1) is 0 Å². The predicted molar refractivity (Wildman–Crippen MR) is 73.7 cm³/mol. The summed E-state index contributed by atoms with van der Waals surface area (Å²) in [5.74, 6) is -0.481. The van der Waals surface area contributed by atoms with Gasteiger partial charge in [-0.1, -0.05) is 25.0 Å². The fraction of sp³-hybridized carbons (Fsp3) is 0.500. The Labute approximate surface area is 117 Å². The number of hydrogen-bond acceptors (Lipinski definition) is 4. The van der Waals surface area contributed by atoms with E-state index in [2.05, 4.69) is 12.2 Å². The molecule has 1 aliphatic carbocycles. The van der Waals surface area contributed by atoms with Crippen molar-refractivity contribution in [3.05, 3.63) is 39.4 Å². The highest BCUT2D eigenvalue weighted by atomic mass is 16.6. The van der Waals surface area contributed by atoms with Crippen LogP contribution in [0.2, 0.25) is 0 Å². The lowest BCUT2D eigenvalue weighted by Gasteiger charge is -2.14. The maximum absolute atomic E-state index is 11.2. The number of hydrogen-bond donors (Lipinski definition) is 2. The number of nitro groups is 1. The van der Waals surface area contributed by atoms with Crippen molar-refractivity contribution in [2.75, 3.05) is 0 Å². The summed E-state index contributed by atoms with van der Waals surface area (Å²) in [7, 11) is 0. The lowest BCUT2D eigenvalue weighted by molar-refractivity contribution is -0.385. The zero-order valence-electron chi connectivity index (χ0n) is 11.3. The van der Waals surface area contributed by atoms with E-state index in [-0.39, 0.29) is 17.3 Å². The number of carboxylic acid groups (broad SMARTS) is 1. The van der Waals surface area contributed by atoms with Crippen LogP contribution in [-0.4, -0.2) is 22.0 Å². The normalized spacial score (nSPS) is 15.8. The van der Waals surface area contributed by atoms with Gasteiger partial charge in [-0.05, 0) is 24.8 Å². The van der Waals surface area contributed by atoms with Gasteiger partial charge in [-0.3, -0.25) is 10.1 Å². The van der Waals surface area contributed by atoms with Crippen molar-refractivity contribution in [2.45, 2.75) is 38.8 Å². The minimum atomic E-state index is -1.26. The topological polar surface area (TPSA) is 92.5 Å². The first-order valence-electron chi connectivity index (χ1n) is 6.72. The second-order valence-corrected chi connectivity index (χ2v) is 5.33. The van der Waals surface area contributed by atoms with E-state index in [0.29, 0.717) is 12.1 Å². The zero-order chi connectivity index (χ0) is 14.7. The van der Waals surface area contributed by atoms with E-state index >= 15 is 0 Å². The van der Waals surface area contributed by atoms with Gasteiger partial charge in [0, 0.05) is 18.7 Å². The molecule has 0 radical (unpaired) electrons. The average Bonchev–Trinajstić information content (AvgIpc) is 3.19. The molecule has 20 heavy (non-hydrogen) atoms. The molecule has 1 unspecified atom stereocenters. The highest BCUT2D eigenvalue weighted by molar-refractivity contribution is 5.94. The first-order chi connectivity index (χ1) is 9.49. The summed E-state index contributed by atoms with van der Waals surface area (Å²) in [4.78, 5) is 21.5. The van der Waals surface area contributed by atoms with Crippen molar-refractivity contribution in [3.63, 3.8) is 0 Å². The molecular weight excluding hydrogens is 260 g/mol. The van der Waals surface area contributed by atoms with Gasteiger partial charge in [0.1, 0.15) is 5.56 Å². The minimum absolute atomic E-state index is 0.219. The van der Waals surface area contributed by atoms with Gasteiger partial charge in [0.05, 0.1) is 4.92 Å². The first kappa shape index (κ1) is 14.5. The van der Waals surface area contributed by atoms with E-state index in [1.54, 1.807) is 6.07 Å². The van der Waals surface area contributed by atoms with Gasteiger partial charge in [0.2, 0.25) is 0 Å². The molecule has 1 fully saturated rings. The molecule has 0 heterocycles. The lowest BCUT2D eigenvalue weighted by Crippen LogP contribution is -2.27. The highest BCUT2D eigenvalue weighted by Gasteiger charge is 2.25. The zero-order valence-corrected chi connectivity index (χ0v) is 11.3. The van der Waals surface area contributed by atoms with Crippen LogP contribution < -0.4 is 5.32 Å². The number of nitrogens with zero attached hydrogens (tertiary/aromatic N) is 1. The first-order valence-corrected chi connectivity index (χ1v) is 6.72. The van der Waals surface area contributed by atoms with Crippen LogP contribution in [0.1, 0.15) is 42.1 Å². The van der Waals surface area contributed by atoms with Crippen LogP contribution in [0, 0.1) is 16.0 Å². The quantitative estimate of drug-likeness (QED) is 0.590. The SMILES string of the molecule is CC(CC1CC1)NCc1cccc([N+](=O)[O-])c1C(=O)O. The maximum atomic E-state index is 11.2. The van der Waals surface area contributed by atoms with Crippen LogP contribution in [-0.2, 0) is 6.54 Å². The third-order valence-electron chi connectivity index (χ3n) is 3.56. The van der Waals surface area contributed by atoms with Crippen molar-refractivity contribution in [1.29, 1.82) is 0 Å². The molecule has 6 nitrogen and oxygen atoms in total. The Kier molecular flexibility index (Phi) is 4.34. The van der Waals surface area contributed by atoms with Gasteiger partial charge in [-0.2, -0.15) is 0 Å². The summed E-state index contributed by atoms with van der Waals surface area (Å²) < 4.78 is 0. The molecule has 1 saturated carbocycles. The van der Waals surface area contributed by atoms with Crippen molar-refractivity contribution < 1.29 is 14.8 Å². The third-order valence-corrected chi connectivity index (χ3v) is 3.56. The average molecular weight is 278 g/mol. The molecule has 0 bridgehead atoms. The smallest absolute Gasteiger partial charge is 0.343 e. The van der Waals surface area contributed by atoms with Crippen LogP contribution in [0.25, 0.3) is 0 Å². The number of aromatic carboxylic acids is 1. The van der Waals surface area contributed by atoms with Gasteiger partial charge in [-0.25, -0.2) is 4.79 Å². The fourth-order valence-corrected chi connectivity index (χ4v) is 2.35. The molecule has 0 aliphatic heterocycles. The van der Waals surface area contributed by atoms with Gasteiger partial charge >= 0.3 is 5.97 Å². The number of rotatable bonds is 7. The second-order valence-electron chi connectivity index (χ2n) is 5.33. The van der Waals surface area contributed by atoms with E-state index < -0.39 is 10.9 Å². The largest absolute Gasteiger partial charge is 0.477 e. The van der Waals surface area contributed by atoms with E-state index in [1.807, 2.05) is 0 Å². The molecule has 6 heteroatoms. The van der Waals surface area contributed by atoms with Crippen LogP contribution >= 0.6 is 0 Å². The standard InChI is InChI=1S/C14H18N2O4/c1-9(7-10-5-6-10)15-8-11-3-2-4-12(16(19)20)13(11)14(17)18/h2-4,9-10,15H,5-8H2,1H3,(H,17,18). The molecular formula is C14H18N2O4.